The largest absolute Gasteiger partial charge is 0.345 e. The molecule has 0 radical (unpaired) electrons. The molecule has 5 nitrogen and oxygen atoms in total. The lowest BCUT2D eigenvalue weighted by atomic mass is 10.3. The summed E-state index contributed by atoms with van der Waals surface area (Å²) >= 11 is 5.71. The molecule has 0 fully saturated rings. The molecule has 1 N–H and O–H groups in total. The Hall–Kier alpha value is -1.88. The van der Waals surface area contributed by atoms with Crippen LogP contribution in [0.25, 0.3) is 0 Å². The minimum Gasteiger partial charge on any atom is -0.345 e. The van der Waals surface area contributed by atoms with Crippen LogP contribution in [0.5, 0.6) is 0 Å². The first-order valence-corrected chi connectivity index (χ1v) is 5.42. The number of aromatic nitrogens is 3. The smallest absolute Gasteiger partial charge is 0.270 e. The van der Waals surface area contributed by atoms with Crippen LogP contribution in [0.4, 0.5) is 0 Å². The Labute approximate surface area is 103 Å². The molecule has 1 amide bonds. The van der Waals surface area contributed by atoms with Gasteiger partial charge in [0.05, 0.1) is 12.2 Å². The first kappa shape index (κ1) is 11.6. The fraction of sp³-hybridized carbons (Fsp3) is 0.182. The van der Waals surface area contributed by atoms with E-state index in [2.05, 4.69) is 15.4 Å². The highest BCUT2D eigenvalue weighted by atomic mass is 35.5. The molecule has 17 heavy (non-hydrogen) atoms. The highest BCUT2D eigenvalue weighted by Crippen LogP contribution is 2.05. The molecule has 2 rings (SSSR count). The maximum absolute atomic E-state index is 11.7. The summed E-state index contributed by atoms with van der Waals surface area (Å²) in [7, 11) is 1.82. The van der Waals surface area contributed by atoms with Gasteiger partial charge in [-0.3, -0.25) is 9.48 Å². The molecule has 0 spiro atoms. The van der Waals surface area contributed by atoms with Gasteiger partial charge in [-0.15, -0.1) is 0 Å². The summed E-state index contributed by atoms with van der Waals surface area (Å²) in [4.78, 5) is 15.7. The Morgan fingerprint density at radius 1 is 1.47 bits per heavy atom. The number of carbonyl (C=O) groups excluding carboxylic acids is 1. The van der Waals surface area contributed by atoms with Gasteiger partial charge in [-0.1, -0.05) is 17.7 Å². The van der Waals surface area contributed by atoms with Gasteiger partial charge in [0.25, 0.3) is 5.91 Å². The summed E-state index contributed by atoms with van der Waals surface area (Å²) < 4.78 is 1.70. The number of hydrogen-bond donors (Lipinski definition) is 1. The maximum Gasteiger partial charge on any atom is 0.270 e. The second-order valence-electron chi connectivity index (χ2n) is 3.47. The zero-order valence-corrected chi connectivity index (χ0v) is 9.98. The monoisotopic (exact) mass is 250 g/mol. The summed E-state index contributed by atoms with van der Waals surface area (Å²) in [6.45, 7) is 0.406. The van der Waals surface area contributed by atoms with Crippen LogP contribution in [0, 0.1) is 0 Å². The van der Waals surface area contributed by atoms with Crippen LogP contribution in [0.15, 0.2) is 30.5 Å². The first-order valence-electron chi connectivity index (χ1n) is 5.04. The van der Waals surface area contributed by atoms with E-state index in [4.69, 9.17) is 11.6 Å². The van der Waals surface area contributed by atoms with Crippen LogP contribution >= 0.6 is 11.6 Å². The van der Waals surface area contributed by atoms with Crippen molar-refractivity contribution in [3.63, 3.8) is 0 Å². The summed E-state index contributed by atoms with van der Waals surface area (Å²) in [5.41, 5.74) is 1.22. The fourth-order valence-electron chi connectivity index (χ4n) is 1.37. The Balaban J connectivity index is 2.01. The van der Waals surface area contributed by atoms with Gasteiger partial charge >= 0.3 is 0 Å². The van der Waals surface area contributed by atoms with Gasteiger partial charge in [-0.2, -0.15) is 5.10 Å². The average Bonchev–Trinajstić information content (AvgIpc) is 2.72. The third-order valence-electron chi connectivity index (χ3n) is 2.30. The van der Waals surface area contributed by atoms with Crippen molar-refractivity contribution >= 4 is 17.5 Å². The minimum atomic E-state index is -0.256. The van der Waals surface area contributed by atoms with E-state index in [9.17, 15) is 4.79 Å². The minimum absolute atomic E-state index is 0.256. The Morgan fingerprint density at radius 3 is 2.94 bits per heavy atom. The van der Waals surface area contributed by atoms with E-state index >= 15 is 0 Å². The number of halogens is 1. The van der Waals surface area contributed by atoms with E-state index in [1.54, 1.807) is 29.1 Å². The quantitative estimate of drug-likeness (QED) is 0.838. The second-order valence-corrected chi connectivity index (χ2v) is 3.86. The van der Waals surface area contributed by atoms with E-state index in [0.717, 1.165) is 5.69 Å². The van der Waals surface area contributed by atoms with Gasteiger partial charge in [-0.25, -0.2) is 4.98 Å². The van der Waals surface area contributed by atoms with Gasteiger partial charge < -0.3 is 5.32 Å². The predicted molar refractivity (Wildman–Crippen MR) is 63.6 cm³/mol. The van der Waals surface area contributed by atoms with Crippen LogP contribution in [0.1, 0.15) is 16.2 Å². The zero-order valence-electron chi connectivity index (χ0n) is 9.22. The molecular formula is C11H11ClN4O. The second kappa shape index (κ2) is 4.97. The van der Waals surface area contributed by atoms with E-state index in [-0.39, 0.29) is 5.91 Å². The summed E-state index contributed by atoms with van der Waals surface area (Å²) in [6, 6.07) is 6.77. The number of carbonyl (C=O) groups is 1. The Bertz CT molecular complexity index is 538. The van der Waals surface area contributed by atoms with Crippen molar-refractivity contribution in [2.45, 2.75) is 6.54 Å². The molecule has 0 aliphatic rings. The normalized spacial score (nSPS) is 10.2. The topological polar surface area (TPSA) is 59.8 Å². The molecule has 6 heteroatoms. The molecule has 2 heterocycles. The van der Waals surface area contributed by atoms with Crippen molar-refractivity contribution in [1.29, 1.82) is 0 Å². The summed E-state index contributed by atoms with van der Waals surface area (Å²) in [6.07, 6.45) is 1.68. The molecule has 0 unspecified atom stereocenters. The van der Waals surface area contributed by atoms with E-state index < -0.39 is 0 Å². The van der Waals surface area contributed by atoms with E-state index in [1.165, 1.54) is 0 Å². The molecule has 2 aromatic heterocycles. The predicted octanol–water partition coefficient (Wildman–Crippen LogP) is 1.40. The maximum atomic E-state index is 11.7. The molecule has 0 aliphatic carbocycles. The van der Waals surface area contributed by atoms with Crippen LogP contribution in [-0.4, -0.2) is 20.7 Å². The molecular weight excluding hydrogens is 240 g/mol. The van der Waals surface area contributed by atoms with Crippen molar-refractivity contribution in [2.24, 2.45) is 7.05 Å². The Morgan fingerprint density at radius 2 is 2.29 bits per heavy atom. The molecule has 0 atom stereocenters. The van der Waals surface area contributed by atoms with Gasteiger partial charge in [-0.05, 0) is 18.2 Å². The third-order valence-corrected chi connectivity index (χ3v) is 2.51. The first-order chi connectivity index (χ1) is 8.16. The van der Waals surface area contributed by atoms with Crippen molar-refractivity contribution in [3.8, 4) is 0 Å². The zero-order chi connectivity index (χ0) is 12.3. The van der Waals surface area contributed by atoms with Crippen molar-refractivity contribution in [3.05, 3.63) is 47.0 Å². The number of pyridine rings is 1. The van der Waals surface area contributed by atoms with Gasteiger partial charge in [0.15, 0.2) is 0 Å². The van der Waals surface area contributed by atoms with Crippen molar-refractivity contribution in [1.82, 2.24) is 20.1 Å². The highest BCUT2D eigenvalue weighted by Gasteiger charge is 2.08. The number of rotatable bonds is 3. The number of amides is 1. The van der Waals surface area contributed by atoms with Crippen LogP contribution in [0.2, 0.25) is 5.15 Å². The highest BCUT2D eigenvalue weighted by molar-refractivity contribution is 6.29. The summed E-state index contributed by atoms with van der Waals surface area (Å²) in [5, 5.41) is 7.06. The van der Waals surface area contributed by atoms with Gasteiger partial charge in [0, 0.05) is 13.2 Å². The molecule has 0 aliphatic heterocycles. The number of hydrogen-bond acceptors (Lipinski definition) is 3. The summed E-state index contributed by atoms with van der Waals surface area (Å²) in [5.74, 6) is -0.256. The lowest BCUT2D eigenvalue weighted by Crippen LogP contribution is -2.24. The molecule has 88 valence electrons. The SMILES string of the molecule is Cn1nccc1CNC(=O)c1cccc(Cl)n1. The molecule has 0 saturated carbocycles. The van der Waals surface area contributed by atoms with E-state index in [0.29, 0.717) is 17.4 Å². The molecule has 2 aromatic rings. The van der Waals surface area contributed by atoms with Gasteiger partial charge in [0.1, 0.15) is 10.8 Å². The van der Waals surface area contributed by atoms with Crippen LogP contribution in [-0.2, 0) is 13.6 Å². The third kappa shape index (κ3) is 2.82. The van der Waals surface area contributed by atoms with Gasteiger partial charge in [0.2, 0.25) is 0 Å². The molecule has 0 aromatic carbocycles. The van der Waals surface area contributed by atoms with Crippen LogP contribution in [0.3, 0.4) is 0 Å². The average molecular weight is 251 g/mol. The number of nitrogens with one attached hydrogen (secondary N) is 1. The number of nitrogens with zero attached hydrogens (tertiary/aromatic N) is 3. The van der Waals surface area contributed by atoms with Crippen molar-refractivity contribution < 1.29 is 4.79 Å². The fourth-order valence-corrected chi connectivity index (χ4v) is 1.53. The number of aryl methyl sites for hydroxylation is 1. The Kier molecular flexibility index (Phi) is 3.39. The lowest BCUT2D eigenvalue weighted by molar-refractivity contribution is 0.0945. The lowest BCUT2D eigenvalue weighted by Gasteiger charge is -2.05. The van der Waals surface area contributed by atoms with Crippen molar-refractivity contribution in [2.75, 3.05) is 0 Å². The standard InChI is InChI=1S/C11H11ClN4O/c1-16-8(5-6-14-16)7-13-11(17)9-3-2-4-10(12)15-9/h2-6H,7H2,1H3,(H,13,17). The van der Waals surface area contributed by atoms with E-state index in [1.807, 2.05) is 13.1 Å². The van der Waals surface area contributed by atoms with Crippen LogP contribution < -0.4 is 5.32 Å². The molecule has 0 saturated heterocycles. The molecule has 0 bridgehead atoms.